The molecule has 0 aliphatic carbocycles. The van der Waals surface area contributed by atoms with Crippen molar-refractivity contribution in [1.82, 2.24) is 0 Å². The van der Waals surface area contributed by atoms with Crippen molar-refractivity contribution in [3.63, 3.8) is 0 Å². The molecule has 2 heterocycles. The van der Waals surface area contributed by atoms with Crippen LogP contribution in [-0.4, -0.2) is 46.7 Å². The summed E-state index contributed by atoms with van der Waals surface area (Å²) in [6, 6.07) is 0. The maximum atomic E-state index is 11.6. The van der Waals surface area contributed by atoms with E-state index in [1.165, 1.54) is 96.3 Å². The summed E-state index contributed by atoms with van der Waals surface area (Å²) in [6.45, 7) is 4.17. The van der Waals surface area contributed by atoms with Crippen LogP contribution in [0.5, 0.6) is 0 Å². The lowest BCUT2D eigenvalue weighted by molar-refractivity contribution is -0.139. The number of hydrogen-bond acceptors (Lipinski definition) is 5. The van der Waals surface area contributed by atoms with E-state index >= 15 is 0 Å². The zero-order chi connectivity index (χ0) is 28.8. The Kier molecular flexibility index (Phi) is 20.0. The van der Waals surface area contributed by atoms with Crippen molar-refractivity contribution < 1.29 is 24.5 Å². The number of rotatable bonds is 26. The SMILES string of the molecule is CCCCCCCCCCCCCCCCCC[C@@H](O)[C@H]1CC[C@H]([C@H](O)CCCCCCC2=C[C@H](C)OC2=O)O1. The number of ether oxygens (including phenoxy) is 2. The van der Waals surface area contributed by atoms with E-state index in [0.29, 0.717) is 0 Å². The van der Waals surface area contributed by atoms with Crippen molar-refractivity contribution in [2.45, 2.75) is 205 Å². The van der Waals surface area contributed by atoms with Crippen molar-refractivity contribution in [2.75, 3.05) is 0 Å². The number of unbranched alkanes of at least 4 members (excludes halogenated alkanes) is 18. The molecule has 0 amide bonds. The van der Waals surface area contributed by atoms with Crippen LogP contribution in [0, 0.1) is 0 Å². The van der Waals surface area contributed by atoms with Crippen molar-refractivity contribution >= 4 is 5.97 Å². The zero-order valence-corrected chi connectivity index (χ0v) is 26.3. The Morgan fingerprint density at radius 2 is 1.07 bits per heavy atom. The van der Waals surface area contributed by atoms with Gasteiger partial charge in [-0.2, -0.15) is 0 Å². The van der Waals surface area contributed by atoms with Crippen molar-refractivity contribution in [3.05, 3.63) is 11.6 Å². The first-order valence-corrected chi connectivity index (χ1v) is 17.4. The molecule has 2 aliphatic rings. The van der Waals surface area contributed by atoms with E-state index < -0.39 is 12.2 Å². The van der Waals surface area contributed by atoms with E-state index in [1.54, 1.807) is 0 Å². The molecule has 0 bridgehead atoms. The molecule has 2 N–H and O–H groups in total. The molecular formula is C35H64O5. The molecule has 0 radical (unpaired) electrons. The molecule has 5 nitrogen and oxygen atoms in total. The molecule has 0 aromatic rings. The van der Waals surface area contributed by atoms with Gasteiger partial charge in [0.05, 0.1) is 24.4 Å². The Morgan fingerprint density at radius 3 is 1.48 bits per heavy atom. The fourth-order valence-electron chi connectivity index (χ4n) is 6.37. The molecule has 1 saturated heterocycles. The van der Waals surface area contributed by atoms with E-state index in [4.69, 9.17) is 9.47 Å². The lowest BCUT2D eigenvalue weighted by Gasteiger charge is -2.22. The van der Waals surface area contributed by atoms with Crippen LogP contribution in [0.15, 0.2) is 11.6 Å². The van der Waals surface area contributed by atoms with Crippen LogP contribution < -0.4 is 0 Å². The van der Waals surface area contributed by atoms with Gasteiger partial charge in [-0.1, -0.05) is 129 Å². The monoisotopic (exact) mass is 564 g/mol. The molecule has 1 fully saturated rings. The molecule has 2 aliphatic heterocycles. The molecule has 40 heavy (non-hydrogen) atoms. The third-order valence-corrected chi connectivity index (χ3v) is 8.98. The summed E-state index contributed by atoms with van der Waals surface area (Å²) in [5.74, 6) is -0.159. The molecule has 2 rings (SSSR count). The molecule has 0 aromatic heterocycles. The van der Waals surface area contributed by atoms with Crippen molar-refractivity contribution in [3.8, 4) is 0 Å². The number of carbonyl (C=O) groups is 1. The quantitative estimate of drug-likeness (QED) is 0.0809. The van der Waals surface area contributed by atoms with Crippen LogP contribution in [0.25, 0.3) is 0 Å². The first-order valence-electron chi connectivity index (χ1n) is 17.4. The smallest absolute Gasteiger partial charge is 0.334 e. The molecule has 5 atom stereocenters. The van der Waals surface area contributed by atoms with Gasteiger partial charge in [-0.3, -0.25) is 0 Å². The molecule has 5 heteroatoms. The predicted octanol–water partition coefficient (Wildman–Crippen LogP) is 9.12. The topological polar surface area (TPSA) is 76.0 Å². The predicted molar refractivity (Wildman–Crippen MR) is 165 cm³/mol. The average molecular weight is 565 g/mol. The van der Waals surface area contributed by atoms with Gasteiger partial charge in [-0.05, 0) is 51.5 Å². The van der Waals surface area contributed by atoms with E-state index in [-0.39, 0.29) is 24.3 Å². The van der Waals surface area contributed by atoms with Crippen LogP contribution in [0.3, 0.4) is 0 Å². The van der Waals surface area contributed by atoms with Gasteiger partial charge < -0.3 is 19.7 Å². The highest BCUT2D eigenvalue weighted by atomic mass is 16.5. The lowest BCUT2D eigenvalue weighted by atomic mass is 10.00. The molecule has 0 saturated carbocycles. The van der Waals surface area contributed by atoms with Crippen LogP contribution in [0.4, 0.5) is 0 Å². The third kappa shape index (κ3) is 15.9. The Labute approximate surface area is 246 Å². The summed E-state index contributed by atoms with van der Waals surface area (Å²) in [4.78, 5) is 11.6. The van der Waals surface area contributed by atoms with E-state index in [1.807, 2.05) is 13.0 Å². The summed E-state index contributed by atoms with van der Waals surface area (Å²) < 4.78 is 11.2. The van der Waals surface area contributed by atoms with E-state index in [9.17, 15) is 15.0 Å². The van der Waals surface area contributed by atoms with Gasteiger partial charge in [0, 0.05) is 5.57 Å². The fraction of sp³-hybridized carbons (Fsp3) is 0.914. The Hall–Kier alpha value is -0.910. The summed E-state index contributed by atoms with van der Waals surface area (Å²) in [6.07, 6.45) is 30.6. The number of esters is 1. The van der Waals surface area contributed by atoms with Crippen LogP contribution in [-0.2, 0) is 14.3 Å². The summed E-state index contributed by atoms with van der Waals surface area (Å²) >= 11 is 0. The largest absolute Gasteiger partial charge is 0.455 e. The van der Waals surface area contributed by atoms with Crippen molar-refractivity contribution in [1.29, 1.82) is 0 Å². The number of cyclic esters (lactones) is 1. The van der Waals surface area contributed by atoms with Crippen LogP contribution >= 0.6 is 0 Å². The minimum atomic E-state index is -0.443. The first-order chi connectivity index (χ1) is 19.5. The highest BCUT2D eigenvalue weighted by Crippen LogP contribution is 2.28. The second-order valence-electron chi connectivity index (χ2n) is 12.8. The molecule has 0 aromatic carbocycles. The summed E-state index contributed by atoms with van der Waals surface area (Å²) in [5, 5.41) is 21.2. The zero-order valence-electron chi connectivity index (χ0n) is 26.3. The normalized spacial score (nSPS) is 22.4. The Balaban J connectivity index is 1.35. The van der Waals surface area contributed by atoms with E-state index in [0.717, 1.165) is 69.8 Å². The highest BCUT2D eigenvalue weighted by Gasteiger charge is 2.34. The maximum Gasteiger partial charge on any atom is 0.334 e. The van der Waals surface area contributed by atoms with Gasteiger partial charge in [0.25, 0.3) is 0 Å². The van der Waals surface area contributed by atoms with E-state index in [2.05, 4.69) is 6.92 Å². The minimum absolute atomic E-state index is 0.0830. The van der Waals surface area contributed by atoms with Crippen LogP contribution in [0.1, 0.15) is 174 Å². The molecular weight excluding hydrogens is 500 g/mol. The number of aliphatic hydroxyl groups is 2. The molecule has 0 unspecified atom stereocenters. The first kappa shape index (κ1) is 35.3. The number of aliphatic hydroxyl groups excluding tert-OH is 2. The van der Waals surface area contributed by atoms with Gasteiger partial charge >= 0.3 is 5.97 Å². The number of hydrogen-bond donors (Lipinski definition) is 2. The van der Waals surface area contributed by atoms with Crippen molar-refractivity contribution in [2.24, 2.45) is 0 Å². The highest BCUT2D eigenvalue weighted by molar-refractivity contribution is 5.90. The van der Waals surface area contributed by atoms with Gasteiger partial charge in [-0.15, -0.1) is 0 Å². The van der Waals surface area contributed by atoms with Gasteiger partial charge in [0.1, 0.15) is 6.10 Å². The second-order valence-corrected chi connectivity index (χ2v) is 12.8. The Morgan fingerprint density at radius 1 is 0.675 bits per heavy atom. The lowest BCUT2D eigenvalue weighted by Crippen LogP contribution is -2.31. The fourth-order valence-corrected chi connectivity index (χ4v) is 6.37. The number of carbonyl (C=O) groups excluding carboxylic acids is 1. The molecule has 0 spiro atoms. The standard InChI is InChI=1S/C35H64O5/c1-3-4-5-6-7-8-9-10-11-12-13-14-15-16-17-21-24-31(36)33-26-27-34(40-33)32(37)25-22-19-18-20-23-30-28-29(2)39-35(30)38/h28-29,31-34,36-37H,3-27H2,1-2H3/t29-,31+,32+,33+,34+/m0/s1. The van der Waals surface area contributed by atoms with Gasteiger partial charge in [0.2, 0.25) is 0 Å². The van der Waals surface area contributed by atoms with Gasteiger partial charge in [-0.25, -0.2) is 4.79 Å². The van der Waals surface area contributed by atoms with Gasteiger partial charge in [0.15, 0.2) is 0 Å². The Bertz CT molecular complexity index is 662. The maximum absolute atomic E-state index is 11.6. The minimum Gasteiger partial charge on any atom is -0.455 e. The summed E-state index contributed by atoms with van der Waals surface area (Å²) in [7, 11) is 0. The molecule has 234 valence electrons. The summed E-state index contributed by atoms with van der Waals surface area (Å²) in [5.41, 5.74) is 0.816. The second kappa shape index (κ2) is 22.7. The van der Waals surface area contributed by atoms with Crippen LogP contribution in [0.2, 0.25) is 0 Å². The third-order valence-electron chi connectivity index (χ3n) is 8.98. The average Bonchev–Trinajstić information content (AvgIpc) is 3.56.